The van der Waals surface area contributed by atoms with Gasteiger partial charge in [0.1, 0.15) is 35.7 Å². The maximum atomic E-state index is 12.6. The molecule has 0 amide bonds. The fourth-order valence-electron chi connectivity index (χ4n) is 4.76. The summed E-state index contributed by atoms with van der Waals surface area (Å²) in [6.45, 7) is 4.63. The number of fused-ring (bicyclic) bond motifs is 1. The van der Waals surface area contributed by atoms with Crippen LogP contribution in [0, 0.1) is 5.92 Å². The Labute approximate surface area is 209 Å². The molecule has 3 aromatic rings. The molecule has 1 fully saturated rings. The van der Waals surface area contributed by atoms with E-state index in [9.17, 15) is 14.6 Å². The zero-order valence-corrected chi connectivity index (χ0v) is 20.1. The van der Waals surface area contributed by atoms with Crippen molar-refractivity contribution in [2.45, 2.75) is 13.0 Å². The Morgan fingerprint density at radius 2 is 1.80 bits per heavy atom. The molecule has 0 aromatic heterocycles. The van der Waals surface area contributed by atoms with Crippen molar-refractivity contribution in [3.63, 3.8) is 0 Å². The molecule has 2 heterocycles. The number of benzene rings is 3. The van der Waals surface area contributed by atoms with Gasteiger partial charge in [0, 0.05) is 41.7 Å². The predicted octanol–water partition coefficient (Wildman–Crippen LogP) is 6.10. The van der Waals surface area contributed by atoms with Gasteiger partial charge in [-0.25, -0.2) is 0 Å². The Morgan fingerprint density at radius 1 is 1.03 bits per heavy atom. The highest BCUT2D eigenvalue weighted by Crippen LogP contribution is 2.48. The Morgan fingerprint density at radius 3 is 2.51 bits per heavy atom. The Kier molecular flexibility index (Phi) is 6.58. The maximum absolute atomic E-state index is 12.6. The number of rotatable bonds is 7. The number of halogens is 2. The molecule has 0 aliphatic carbocycles. The van der Waals surface area contributed by atoms with Gasteiger partial charge < -0.3 is 19.7 Å². The van der Waals surface area contributed by atoms with Gasteiger partial charge in [-0.2, -0.15) is 0 Å². The first kappa shape index (κ1) is 23.5. The van der Waals surface area contributed by atoms with E-state index in [1.807, 2.05) is 31.2 Å². The summed E-state index contributed by atoms with van der Waals surface area (Å²) in [5.74, 6) is 1.81. The van der Waals surface area contributed by atoms with E-state index in [1.54, 1.807) is 30.3 Å². The molecule has 2 aliphatic heterocycles. The summed E-state index contributed by atoms with van der Waals surface area (Å²) in [7, 11) is 0. The highest BCUT2D eigenvalue weighted by Gasteiger charge is 2.30. The van der Waals surface area contributed by atoms with E-state index < -0.39 is 6.10 Å². The van der Waals surface area contributed by atoms with E-state index in [4.69, 9.17) is 21.1 Å². The number of allylic oxidation sites excluding steroid dienone is 1. The van der Waals surface area contributed by atoms with Crippen LogP contribution in [-0.2, 0) is 0 Å². The third-order valence-corrected chi connectivity index (χ3v) is 6.80. The summed E-state index contributed by atoms with van der Waals surface area (Å²) in [6.07, 6.45) is -0.447. The van der Waals surface area contributed by atoms with Crippen molar-refractivity contribution in [1.29, 1.82) is 0 Å². The van der Waals surface area contributed by atoms with Crippen LogP contribution in [0.4, 0.5) is 4.39 Å². The van der Waals surface area contributed by atoms with Crippen LogP contribution in [0.15, 0.2) is 60.7 Å². The number of hydrogen-bond donors (Lipinski definition) is 2. The van der Waals surface area contributed by atoms with Crippen LogP contribution >= 0.6 is 11.6 Å². The number of likely N-dealkylation sites (tertiary alicyclic amines) is 1. The van der Waals surface area contributed by atoms with Gasteiger partial charge in [0.15, 0.2) is 0 Å². The van der Waals surface area contributed by atoms with Crippen LogP contribution in [0.3, 0.4) is 0 Å². The molecule has 182 valence electrons. The molecule has 0 radical (unpaired) electrons. The van der Waals surface area contributed by atoms with Gasteiger partial charge in [-0.3, -0.25) is 9.29 Å². The number of nitrogens with zero attached hydrogens (tertiary/aromatic N) is 1. The Bertz CT molecular complexity index is 1230. The number of phenols is 2. The normalized spacial score (nSPS) is 18.1. The van der Waals surface area contributed by atoms with Gasteiger partial charge in [-0.05, 0) is 72.2 Å². The quantitative estimate of drug-likeness (QED) is 0.415. The van der Waals surface area contributed by atoms with Crippen LogP contribution in [-0.4, -0.2) is 48.0 Å². The lowest BCUT2D eigenvalue weighted by atomic mass is 9.86. The molecule has 2 aliphatic rings. The molecular formula is C28H27ClFNO4. The van der Waals surface area contributed by atoms with Gasteiger partial charge in [-0.1, -0.05) is 23.7 Å². The van der Waals surface area contributed by atoms with Crippen molar-refractivity contribution in [3.05, 3.63) is 82.4 Å². The van der Waals surface area contributed by atoms with Gasteiger partial charge >= 0.3 is 0 Å². The lowest BCUT2D eigenvalue weighted by Gasteiger charge is -2.37. The minimum atomic E-state index is -0.447. The fourth-order valence-corrected chi connectivity index (χ4v) is 4.99. The molecule has 0 spiro atoms. The molecule has 1 saturated heterocycles. The van der Waals surface area contributed by atoms with E-state index in [2.05, 4.69) is 4.90 Å². The minimum absolute atomic E-state index is 0.0667. The molecule has 2 N–H and O–H groups in total. The highest BCUT2D eigenvalue weighted by molar-refractivity contribution is 6.31. The molecule has 3 aromatic carbocycles. The first-order chi connectivity index (χ1) is 16.9. The summed E-state index contributed by atoms with van der Waals surface area (Å²) in [5.41, 5.74) is 4.23. The van der Waals surface area contributed by atoms with Crippen molar-refractivity contribution >= 4 is 22.7 Å². The van der Waals surface area contributed by atoms with Crippen molar-refractivity contribution in [1.82, 2.24) is 4.90 Å². The number of aromatic hydroxyl groups is 2. The molecular weight excluding hydrogens is 469 g/mol. The van der Waals surface area contributed by atoms with Crippen LogP contribution < -0.4 is 9.47 Å². The third kappa shape index (κ3) is 4.95. The number of phenolic OH excluding ortho intramolecular Hbond substituents is 2. The van der Waals surface area contributed by atoms with Gasteiger partial charge in [0.05, 0.1) is 6.67 Å². The fraction of sp³-hybridized carbons (Fsp3) is 0.286. The van der Waals surface area contributed by atoms with E-state index in [1.165, 1.54) is 6.07 Å². The standard InChI is InChI=1S/C28H27ClFNO4/c1-17-25-13-22(32)4-7-26(25)35-28(27(17)20-10-21(29)12-23(33)11-20)19-2-5-24(6-3-19)34-9-8-31-15-18(14-30)16-31/h2-7,10-13,18,28,32-33H,8-9,14-16H2,1H3/t28-/m0/s1. The maximum Gasteiger partial charge on any atom is 0.150 e. The summed E-state index contributed by atoms with van der Waals surface area (Å²) in [5, 5.41) is 20.7. The van der Waals surface area contributed by atoms with Crippen LogP contribution in [0.5, 0.6) is 23.0 Å². The molecule has 1 atom stereocenters. The van der Waals surface area contributed by atoms with Crippen LogP contribution in [0.1, 0.15) is 29.7 Å². The molecule has 5 nitrogen and oxygen atoms in total. The second kappa shape index (κ2) is 9.80. The van der Waals surface area contributed by atoms with Gasteiger partial charge in [0.25, 0.3) is 0 Å². The zero-order valence-electron chi connectivity index (χ0n) is 19.4. The van der Waals surface area contributed by atoms with Crippen LogP contribution in [0.2, 0.25) is 5.02 Å². The Balaban J connectivity index is 1.40. The summed E-state index contributed by atoms with van der Waals surface area (Å²) in [6, 6.07) is 17.7. The van der Waals surface area contributed by atoms with E-state index in [0.717, 1.165) is 53.2 Å². The summed E-state index contributed by atoms with van der Waals surface area (Å²) in [4.78, 5) is 2.18. The van der Waals surface area contributed by atoms with Gasteiger partial charge in [0.2, 0.25) is 0 Å². The van der Waals surface area contributed by atoms with Crippen molar-refractivity contribution < 1.29 is 24.1 Å². The summed E-state index contributed by atoms with van der Waals surface area (Å²) < 4.78 is 24.9. The molecule has 0 bridgehead atoms. The lowest BCUT2D eigenvalue weighted by molar-refractivity contribution is 0.0668. The van der Waals surface area contributed by atoms with E-state index >= 15 is 0 Å². The third-order valence-electron chi connectivity index (χ3n) is 6.58. The van der Waals surface area contributed by atoms with Gasteiger partial charge in [-0.15, -0.1) is 0 Å². The highest BCUT2D eigenvalue weighted by atomic mass is 35.5. The largest absolute Gasteiger partial charge is 0.508 e. The van der Waals surface area contributed by atoms with E-state index in [0.29, 0.717) is 17.4 Å². The molecule has 5 rings (SSSR count). The smallest absolute Gasteiger partial charge is 0.150 e. The molecule has 7 heteroatoms. The minimum Gasteiger partial charge on any atom is -0.508 e. The Hall–Kier alpha value is -3.22. The predicted molar refractivity (Wildman–Crippen MR) is 135 cm³/mol. The molecule has 35 heavy (non-hydrogen) atoms. The number of ether oxygens (including phenoxy) is 2. The monoisotopic (exact) mass is 495 g/mol. The van der Waals surface area contributed by atoms with E-state index in [-0.39, 0.29) is 24.1 Å². The van der Waals surface area contributed by atoms with Crippen molar-refractivity contribution in [3.8, 4) is 23.0 Å². The lowest BCUT2D eigenvalue weighted by Crippen LogP contribution is -2.49. The number of hydrogen-bond acceptors (Lipinski definition) is 5. The second-order valence-electron chi connectivity index (χ2n) is 9.11. The summed E-state index contributed by atoms with van der Waals surface area (Å²) >= 11 is 6.26. The molecule has 0 unspecified atom stereocenters. The zero-order chi connectivity index (χ0) is 24.5. The van der Waals surface area contributed by atoms with Crippen molar-refractivity contribution in [2.24, 2.45) is 5.92 Å². The molecule has 0 saturated carbocycles. The van der Waals surface area contributed by atoms with Crippen molar-refractivity contribution in [2.75, 3.05) is 32.9 Å². The number of alkyl halides is 1. The van der Waals surface area contributed by atoms with Crippen LogP contribution in [0.25, 0.3) is 11.1 Å². The second-order valence-corrected chi connectivity index (χ2v) is 9.55. The first-order valence-electron chi connectivity index (χ1n) is 11.6. The SMILES string of the molecule is CC1=C(c2cc(O)cc(Cl)c2)[C@H](c2ccc(OCCN3CC(CF)C3)cc2)Oc2ccc(O)cc21. The average Bonchev–Trinajstić information content (AvgIpc) is 2.80. The first-order valence-corrected chi connectivity index (χ1v) is 12.0. The topological polar surface area (TPSA) is 62.2 Å². The average molecular weight is 496 g/mol.